The summed E-state index contributed by atoms with van der Waals surface area (Å²) in [5.74, 6) is 0. The van der Waals surface area contributed by atoms with Gasteiger partial charge in [0.1, 0.15) is 0 Å². The molecule has 0 aromatic heterocycles. The van der Waals surface area contributed by atoms with E-state index in [4.69, 9.17) is 11.8 Å². The Morgan fingerprint density at radius 2 is 1.18 bits per heavy atom. The van der Waals surface area contributed by atoms with Crippen LogP contribution in [-0.2, 0) is 18.2 Å². The van der Waals surface area contributed by atoms with Gasteiger partial charge in [-0.05, 0) is 0 Å². The molecule has 0 radical (unpaired) electrons. The molecule has 4 rings (SSSR count). The minimum absolute atomic E-state index is 1.10. The van der Waals surface area contributed by atoms with Crippen LogP contribution in [0.3, 0.4) is 0 Å². The Balaban J connectivity index is 1.69. The van der Waals surface area contributed by atoms with Gasteiger partial charge in [0, 0.05) is 0 Å². The van der Waals surface area contributed by atoms with E-state index in [0.717, 1.165) is 24.4 Å². The van der Waals surface area contributed by atoms with Crippen LogP contribution < -0.4 is 5.09 Å². The van der Waals surface area contributed by atoms with Crippen LogP contribution in [0.2, 0.25) is 11.8 Å². The topological polar surface area (TPSA) is 12.0 Å². The van der Waals surface area contributed by atoms with Gasteiger partial charge in [0.15, 0.2) is 0 Å². The van der Waals surface area contributed by atoms with Crippen LogP contribution in [0.1, 0.15) is 116 Å². The van der Waals surface area contributed by atoms with E-state index >= 15 is 0 Å². The Bertz CT molecular complexity index is 719. The third-order valence-electron chi connectivity index (χ3n) is 9.11. The van der Waals surface area contributed by atoms with E-state index in [1.807, 2.05) is 0 Å². The molecule has 0 spiro atoms. The van der Waals surface area contributed by atoms with E-state index in [9.17, 15) is 0 Å². The number of aryl methyl sites for hydroxylation is 1. The maximum atomic E-state index is 6.72. The number of anilines is 1. The zero-order valence-corrected chi connectivity index (χ0v) is 26.7. The van der Waals surface area contributed by atoms with Gasteiger partial charge >= 0.3 is 218 Å². The molecule has 0 heterocycles. The van der Waals surface area contributed by atoms with E-state index in [-0.39, 0.29) is 0 Å². The second kappa shape index (κ2) is 12.9. The summed E-state index contributed by atoms with van der Waals surface area (Å²) in [7, 11) is 2.59. The number of rotatable bonds is 9. The summed E-state index contributed by atoms with van der Waals surface area (Å²) in [5.41, 5.74) is 2.72. The average Bonchev–Trinajstić information content (AvgIpc) is 2.89. The molecule has 1 nitrogen and oxygen atoms in total. The third kappa shape index (κ3) is 6.58. The van der Waals surface area contributed by atoms with Crippen molar-refractivity contribution in [3.63, 3.8) is 0 Å². The van der Waals surface area contributed by atoms with Crippen molar-refractivity contribution in [2.75, 3.05) is 11.2 Å². The first-order valence-electron chi connectivity index (χ1n) is 14.3. The molecule has 186 valence electrons. The second-order valence-electron chi connectivity index (χ2n) is 11.1. The first-order valence-corrected chi connectivity index (χ1v) is 27.1. The molecule has 5 heteroatoms. The first-order chi connectivity index (χ1) is 16.1. The van der Waals surface area contributed by atoms with Gasteiger partial charge in [0.2, 0.25) is 0 Å². The minimum atomic E-state index is -2.67. The molecule has 1 atom stereocenters. The Labute approximate surface area is 216 Å². The molecular weight excluding hydrogens is 564 g/mol. The summed E-state index contributed by atoms with van der Waals surface area (Å²) in [5, 5.41) is 2.40. The zero-order valence-electron chi connectivity index (χ0n) is 21.3. The molecule has 3 aliphatic rings. The molecule has 1 unspecified atom stereocenters. The van der Waals surface area contributed by atoms with Crippen LogP contribution in [0.4, 0.5) is 5.69 Å². The van der Waals surface area contributed by atoms with Gasteiger partial charge < -0.3 is 0 Å². The van der Waals surface area contributed by atoms with Crippen molar-refractivity contribution in [1.29, 1.82) is 0 Å². The van der Waals surface area contributed by atoms with Crippen molar-refractivity contribution < 1.29 is 0 Å². The van der Waals surface area contributed by atoms with Crippen LogP contribution in [0.15, 0.2) is 24.3 Å². The molecule has 3 aliphatic carbocycles. The van der Waals surface area contributed by atoms with Crippen LogP contribution in [-0.4, -0.2) is 23.2 Å². The van der Waals surface area contributed by atoms with E-state index in [0.29, 0.717) is 0 Å². The molecule has 3 saturated carbocycles. The Kier molecular flexibility index (Phi) is 10.5. The van der Waals surface area contributed by atoms with Crippen LogP contribution >= 0.6 is 14.0 Å². The molecule has 1 aromatic rings. The molecule has 0 aliphatic heterocycles. The first kappa shape index (κ1) is 26.9. The van der Waals surface area contributed by atoms with Gasteiger partial charge in [0.05, 0.1) is 0 Å². The third-order valence-corrected chi connectivity index (χ3v) is 57.9. The SMILES string of the molecule is CCc1ccc(NP(=S)(CC)[S][Sn]([CH]2CCCCC2)([CH]2CCCCC2)[CH]2CCCCC2)cc1. The van der Waals surface area contributed by atoms with Gasteiger partial charge in [-0.3, -0.25) is 0 Å². The quantitative estimate of drug-likeness (QED) is 0.220. The summed E-state index contributed by atoms with van der Waals surface area (Å²) >= 11 is 4.05. The van der Waals surface area contributed by atoms with Crippen molar-refractivity contribution in [3.8, 4) is 0 Å². The molecule has 1 aromatic carbocycles. The average molecular weight is 613 g/mol. The molecule has 0 bridgehead atoms. The summed E-state index contributed by atoms with van der Waals surface area (Å²) < 4.78 is 3.30. The fraction of sp³-hybridized carbons (Fsp3) is 0.786. The number of hydrogen-bond donors (Lipinski definition) is 1. The van der Waals surface area contributed by atoms with Crippen LogP contribution in [0.25, 0.3) is 0 Å². The summed E-state index contributed by atoms with van der Waals surface area (Å²) in [4.78, 5) is 0. The molecule has 3 fully saturated rings. The van der Waals surface area contributed by atoms with E-state index < -0.39 is 22.4 Å². The Morgan fingerprint density at radius 1 is 0.758 bits per heavy atom. The standard InChI is InChI=1S/C10H16NPS2.3C6H11.Sn/c1-3-9-5-7-10(8-6-9)11-12(13,14)4-2;3*1-2-4-6-5-3-1;/h5-8H,3-4H2,1-2H3,(H2,11,13,14);3*1H,2-6H2;/q;;;;+1/p-1. The predicted molar refractivity (Wildman–Crippen MR) is 158 cm³/mol. The molecular formula is C28H48NPS2Sn. The van der Waals surface area contributed by atoms with E-state index in [1.165, 1.54) is 69.0 Å². The van der Waals surface area contributed by atoms with Gasteiger partial charge in [-0.15, -0.1) is 0 Å². The monoisotopic (exact) mass is 613 g/mol. The normalized spacial score (nSPS) is 23.8. The van der Waals surface area contributed by atoms with Crippen molar-refractivity contribution in [2.24, 2.45) is 0 Å². The summed E-state index contributed by atoms with van der Waals surface area (Å²) in [6.07, 6.45) is 25.1. The van der Waals surface area contributed by atoms with Gasteiger partial charge in [-0.25, -0.2) is 0 Å². The van der Waals surface area contributed by atoms with E-state index in [2.05, 4.69) is 51.8 Å². The second-order valence-corrected chi connectivity index (χ2v) is 39.8. The van der Waals surface area contributed by atoms with Crippen molar-refractivity contribution in [1.82, 2.24) is 0 Å². The fourth-order valence-corrected chi connectivity index (χ4v) is 71.7. The number of nitrogens with one attached hydrogen (secondary N) is 1. The molecule has 0 amide bonds. The van der Waals surface area contributed by atoms with Crippen LogP contribution in [0.5, 0.6) is 0 Å². The predicted octanol–water partition coefficient (Wildman–Crippen LogP) is 10.7. The molecule has 1 N–H and O–H groups in total. The van der Waals surface area contributed by atoms with Gasteiger partial charge in [-0.2, -0.15) is 0 Å². The van der Waals surface area contributed by atoms with Crippen LogP contribution in [0, 0.1) is 0 Å². The maximum absolute atomic E-state index is 6.72. The summed E-state index contributed by atoms with van der Waals surface area (Å²) in [6, 6.07) is 9.24. The van der Waals surface area contributed by atoms with Crippen molar-refractivity contribution >= 4 is 48.4 Å². The Morgan fingerprint density at radius 3 is 1.55 bits per heavy atom. The molecule has 0 saturated heterocycles. The number of hydrogen-bond acceptors (Lipinski definition) is 2. The Hall–Kier alpha value is 0.819. The summed E-state index contributed by atoms with van der Waals surface area (Å²) in [6.45, 7) is 4.65. The van der Waals surface area contributed by atoms with Gasteiger partial charge in [-0.1, -0.05) is 0 Å². The fourth-order valence-electron chi connectivity index (χ4n) is 7.32. The zero-order chi connectivity index (χ0) is 23.2. The van der Waals surface area contributed by atoms with Crippen molar-refractivity contribution in [2.45, 2.75) is 128 Å². The number of benzene rings is 1. The van der Waals surface area contributed by atoms with E-state index in [1.54, 1.807) is 38.5 Å². The molecule has 33 heavy (non-hydrogen) atoms. The van der Waals surface area contributed by atoms with Gasteiger partial charge in [0.25, 0.3) is 0 Å². The van der Waals surface area contributed by atoms with Crippen molar-refractivity contribution in [3.05, 3.63) is 29.8 Å².